The third-order valence-electron chi connectivity index (χ3n) is 4.43. The predicted octanol–water partition coefficient (Wildman–Crippen LogP) is 4.01. The molecule has 0 atom stereocenters. The number of aromatic nitrogens is 1. The number of pyridine rings is 1. The summed E-state index contributed by atoms with van der Waals surface area (Å²) in [5, 5.41) is 11.6. The highest BCUT2D eigenvalue weighted by molar-refractivity contribution is 6.02. The molecule has 2 rings (SSSR count). The number of nitrogens with zero attached hydrogens (tertiary/aromatic N) is 1. The van der Waals surface area contributed by atoms with Gasteiger partial charge in [0.1, 0.15) is 0 Å². The van der Waals surface area contributed by atoms with Crippen molar-refractivity contribution in [3.8, 4) is 0 Å². The van der Waals surface area contributed by atoms with E-state index in [1.165, 1.54) is 0 Å². The summed E-state index contributed by atoms with van der Waals surface area (Å²) in [7, 11) is 0. The van der Waals surface area contributed by atoms with Gasteiger partial charge < -0.3 is 5.11 Å². The molecule has 0 saturated heterocycles. The van der Waals surface area contributed by atoms with Gasteiger partial charge in [-0.1, -0.05) is 5.76 Å². The molecule has 32 heavy (non-hydrogen) atoms. The number of allylic oxidation sites excluding steroid dienone is 1. The average molecular weight is 500 g/mol. The molecule has 1 aliphatic rings. The zero-order valence-corrected chi connectivity index (χ0v) is 14.0. The Morgan fingerprint density at radius 2 is 1.09 bits per heavy atom. The number of hydrogen-bond acceptors (Lipinski definition) is 3. The number of halogens is 15. The van der Waals surface area contributed by atoms with Crippen molar-refractivity contribution in [3.05, 3.63) is 35.2 Å². The van der Waals surface area contributed by atoms with Gasteiger partial charge in [-0.2, -0.15) is 62.1 Å². The number of carbonyl (C=O) groups is 1. The summed E-state index contributed by atoms with van der Waals surface area (Å²) in [4.78, 5) is 13.6. The molecule has 1 heterocycles. The van der Waals surface area contributed by atoms with Gasteiger partial charge in [0.25, 0.3) is 17.3 Å². The summed E-state index contributed by atoms with van der Waals surface area (Å²) in [5.74, 6) is -48.8. The van der Waals surface area contributed by atoms with Crippen molar-refractivity contribution in [2.45, 2.75) is 29.9 Å². The molecule has 3 nitrogen and oxygen atoms in total. The van der Waals surface area contributed by atoms with Gasteiger partial charge in [0.15, 0.2) is 17.4 Å². The lowest BCUT2D eigenvalue weighted by atomic mass is 9.74. The Morgan fingerprint density at radius 1 is 0.750 bits per heavy atom. The third-order valence-corrected chi connectivity index (χ3v) is 4.43. The zero-order valence-electron chi connectivity index (χ0n) is 14.0. The Balaban J connectivity index is 2.93. The number of alkyl halides is 11. The molecule has 0 bridgehead atoms. The van der Waals surface area contributed by atoms with Crippen molar-refractivity contribution in [3.63, 3.8) is 0 Å². The van der Waals surface area contributed by atoms with Crippen molar-refractivity contribution >= 4 is 11.5 Å². The van der Waals surface area contributed by atoms with Gasteiger partial charge in [-0.15, -0.1) is 0 Å². The van der Waals surface area contributed by atoms with E-state index in [0.29, 0.717) is 0 Å². The molecule has 0 unspecified atom stereocenters. The molecule has 1 aromatic heterocycles. The minimum Gasteiger partial charge on any atom is -0.872 e. The monoisotopic (exact) mass is 500 g/mol. The van der Waals surface area contributed by atoms with Crippen LogP contribution in [0.4, 0.5) is 65.9 Å². The Bertz CT molecular complexity index is 958. The topological polar surface area (TPSA) is 53.0 Å². The summed E-state index contributed by atoms with van der Waals surface area (Å²) in [6.07, 6.45) is -9.39. The second-order valence-corrected chi connectivity index (χ2v) is 6.11. The Kier molecular flexibility index (Phi) is 5.32. The lowest BCUT2D eigenvalue weighted by Crippen LogP contribution is -2.64. The minimum absolute atomic E-state index is 1.74. The summed E-state index contributed by atoms with van der Waals surface area (Å²) < 4.78 is 201. The van der Waals surface area contributed by atoms with Crippen LogP contribution in [0.2, 0.25) is 0 Å². The fourth-order valence-corrected chi connectivity index (χ4v) is 2.87. The van der Waals surface area contributed by atoms with Crippen LogP contribution in [-0.2, 0) is 4.79 Å². The molecule has 0 spiro atoms. The average Bonchev–Trinajstić information content (AvgIpc) is 2.64. The Morgan fingerprint density at radius 3 is 1.41 bits per heavy atom. The lowest BCUT2D eigenvalue weighted by Gasteiger charge is -2.37. The quantitative estimate of drug-likeness (QED) is 0.273. The van der Waals surface area contributed by atoms with E-state index in [-0.39, 0.29) is 0 Å². The highest BCUT2D eigenvalue weighted by atomic mass is 19.4. The summed E-state index contributed by atoms with van der Waals surface area (Å²) >= 11 is 0. The number of hydrogen-bond donors (Lipinski definition) is 0. The van der Waals surface area contributed by atoms with Gasteiger partial charge in [-0.05, 0) is 6.08 Å². The molecule has 1 fully saturated rings. The highest BCUT2D eigenvalue weighted by Gasteiger charge is 3.06. The first-order valence-electron chi connectivity index (χ1n) is 7.27. The lowest BCUT2D eigenvalue weighted by molar-refractivity contribution is -0.341. The summed E-state index contributed by atoms with van der Waals surface area (Å²) in [6.45, 7) is 0. The Hall–Kier alpha value is -2.69. The SMILES string of the molecule is O=C(/C=C(\[O-])c1c(F)c(F)nc(F)c1F)C1(C(F)(F)F)C(F)(F)C(F)(F)C(F)(F)C1(F)F. The molecule has 0 aromatic carbocycles. The van der Waals surface area contributed by atoms with E-state index in [1.54, 1.807) is 0 Å². The fraction of sp³-hybridized carbons (Fsp3) is 0.429. The van der Waals surface area contributed by atoms with E-state index in [1.807, 2.05) is 4.98 Å². The van der Waals surface area contributed by atoms with E-state index in [0.717, 1.165) is 0 Å². The molecule has 0 radical (unpaired) electrons. The molecular formula is C14HF15NO2-. The molecule has 18 heteroatoms. The zero-order chi connectivity index (χ0) is 25.5. The van der Waals surface area contributed by atoms with E-state index < -0.39 is 82.0 Å². The number of ketones is 1. The molecule has 1 aromatic rings. The van der Waals surface area contributed by atoms with E-state index in [9.17, 15) is 75.8 Å². The molecule has 1 aliphatic carbocycles. The van der Waals surface area contributed by atoms with Gasteiger partial charge in [-0.25, -0.2) is 8.78 Å². The van der Waals surface area contributed by atoms with E-state index >= 15 is 0 Å². The maximum atomic E-state index is 13.9. The van der Waals surface area contributed by atoms with Crippen molar-refractivity contribution in [1.82, 2.24) is 4.98 Å². The van der Waals surface area contributed by atoms with Crippen molar-refractivity contribution < 1.29 is 75.8 Å². The van der Waals surface area contributed by atoms with Crippen LogP contribution >= 0.6 is 0 Å². The van der Waals surface area contributed by atoms with Crippen molar-refractivity contribution in [1.29, 1.82) is 0 Å². The van der Waals surface area contributed by atoms with Crippen LogP contribution < -0.4 is 5.11 Å². The van der Waals surface area contributed by atoms with E-state index in [4.69, 9.17) is 0 Å². The first kappa shape index (κ1) is 25.6. The van der Waals surface area contributed by atoms with Gasteiger partial charge in [0.2, 0.25) is 0 Å². The first-order valence-corrected chi connectivity index (χ1v) is 7.27. The van der Waals surface area contributed by atoms with E-state index in [2.05, 4.69) is 0 Å². The van der Waals surface area contributed by atoms with Crippen LogP contribution in [0.25, 0.3) is 5.76 Å². The maximum Gasteiger partial charge on any atom is 0.414 e. The van der Waals surface area contributed by atoms with Crippen LogP contribution in [0.15, 0.2) is 6.08 Å². The smallest absolute Gasteiger partial charge is 0.414 e. The van der Waals surface area contributed by atoms with Crippen LogP contribution in [0, 0.1) is 28.9 Å². The van der Waals surface area contributed by atoms with Crippen LogP contribution in [0.5, 0.6) is 0 Å². The molecule has 0 amide bonds. The van der Waals surface area contributed by atoms with Gasteiger partial charge in [0.05, 0.1) is 0 Å². The van der Waals surface area contributed by atoms with Crippen LogP contribution in [0.1, 0.15) is 5.56 Å². The fourth-order valence-electron chi connectivity index (χ4n) is 2.87. The minimum atomic E-state index is -7.65. The Labute approximate surface area is 164 Å². The molecule has 0 N–H and O–H groups in total. The van der Waals surface area contributed by atoms with Crippen LogP contribution in [-0.4, -0.2) is 40.6 Å². The van der Waals surface area contributed by atoms with Gasteiger partial charge in [-0.3, -0.25) is 4.79 Å². The number of carbonyl (C=O) groups excluding carboxylic acids is 1. The summed E-state index contributed by atoms with van der Waals surface area (Å²) in [5.41, 5.74) is -10.0. The van der Waals surface area contributed by atoms with Gasteiger partial charge in [0, 0.05) is 5.56 Å². The predicted molar refractivity (Wildman–Crippen MR) is 65.3 cm³/mol. The normalized spacial score (nSPS) is 23.3. The second kappa shape index (κ2) is 6.66. The van der Waals surface area contributed by atoms with Crippen LogP contribution in [0.3, 0.4) is 0 Å². The third kappa shape index (κ3) is 2.60. The van der Waals surface area contributed by atoms with Crippen molar-refractivity contribution in [2.24, 2.45) is 5.41 Å². The largest absolute Gasteiger partial charge is 0.872 e. The summed E-state index contributed by atoms with van der Waals surface area (Å²) in [6, 6.07) is 0. The molecule has 0 aliphatic heterocycles. The number of rotatable bonds is 3. The van der Waals surface area contributed by atoms with Crippen molar-refractivity contribution in [2.75, 3.05) is 0 Å². The molecular weight excluding hydrogens is 499 g/mol. The first-order chi connectivity index (χ1) is 14.1. The highest BCUT2D eigenvalue weighted by Crippen LogP contribution is 2.75. The van der Waals surface area contributed by atoms with Gasteiger partial charge >= 0.3 is 29.9 Å². The maximum absolute atomic E-state index is 13.9. The standard InChI is InChI=1S/C14H2F15NO2/c15-5-4(6(16)8(18)30-7(5)17)2(31)1-3(32)9(14(27,28)29)10(19,20)12(23,24)13(25,26)11(9,21)22/h1,31H/p-1/b2-1-. The molecule has 180 valence electrons. The molecule has 1 saturated carbocycles. The second-order valence-electron chi connectivity index (χ2n) is 6.11.